The summed E-state index contributed by atoms with van der Waals surface area (Å²) in [6.45, 7) is 3.32. The number of carbonyl (C=O) groups excluding carboxylic acids is 1. The van der Waals surface area contributed by atoms with Gasteiger partial charge >= 0.3 is 0 Å². The number of hydrogen-bond donors (Lipinski definition) is 1. The Morgan fingerprint density at radius 3 is 2.72 bits per heavy atom. The van der Waals surface area contributed by atoms with Crippen LogP contribution in [0.3, 0.4) is 0 Å². The van der Waals surface area contributed by atoms with E-state index >= 15 is 0 Å². The zero-order valence-corrected chi connectivity index (χ0v) is 15.4. The SMILES string of the molecule is O=C(CCSc1ncccc1Cl)Nc1ccc(N2CCOCC2)cc1. The average Bonchev–Trinajstić information content (AvgIpc) is 2.65. The fourth-order valence-electron chi connectivity index (χ4n) is 2.52. The van der Waals surface area contributed by atoms with E-state index in [0.29, 0.717) is 17.2 Å². The van der Waals surface area contributed by atoms with E-state index in [4.69, 9.17) is 16.3 Å². The molecule has 132 valence electrons. The van der Waals surface area contributed by atoms with Crippen LogP contribution in [0.2, 0.25) is 5.02 Å². The molecular weight excluding hydrogens is 358 g/mol. The van der Waals surface area contributed by atoms with E-state index in [-0.39, 0.29) is 5.91 Å². The lowest BCUT2D eigenvalue weighted by Crippen LogP contribution is -2.36. The van der Waals surface area contributed by atoms with E-state index in [9.17, 15) is 4.79 Å². The van der Waals surface area contributed by atoms with Crippen LogP contribution in [-0.2, 0) is 9.53 Å². The van der Waals surface area contributed by atoms with Gasteiger partial charge in [-0.05, 0) is 36.4 Å². The molecule has 1 aliphatic heterocycles. The van der Waals surface area contributed by atoms with Crippen molar-refractivity contribution >= 4 is 40.6 Å². The Labute approximate surface area is 156 Å². The molecule has 25 heavy (non-hydrogen) atoms. The number of halogens is 1. The number of anilines is 2. The third-order valence-corrected chi connectivity index (χ3v) is 5.24. The number of nitrogens with zero attached hydrogens (tertiary/aromatic N) is 2. The minimum absolute atomic E-state index is 0.0151. The van der Waals surface area contributed by atoms with Crippen LogP contribution < -0.4 is 10.2 Å². The molecular formula is C18H20ClN3O2S. The van der Waals surface area contributed by atoms with Crippen LogP contribution in [0.1, 0.15) is 6.42 Å². The van der Waals surface area contributed by atoms with Crippen molar-refractivity contribution in [2.45, 2.75) is 11.4 Å². The molecule has 1 saturated heterocycles. The number of nitrogens with one attached hydrogen (secondary N) is 1. The van der Waals surface area contributed by atoms with Gasteiger partial charge in [-0.2, -0.15) is 0 Å². The predicted molar refractivity (Wildman–Crippen MR) is 103 cm³/mol. The normalized spacial score (nSPS) is 14.4. The van der Waals surface area contributed by atoms with Crippen LogP contribution in [-0.4, -0.2) is 42.9 Å². The molecule has 1 fully saturated rings. The molecule has 1 N–H and O–H groups in total. The molecule has 0 saturated carbocycles. The first-order valence-corrected chi connectivity index (χ1v) is 9.54. The van der Waals surface area contributed by atoms with Gasteiger partial charge in [0.25, 0.3) is 0 Å². The molecule has 0 radical (unpaired) electrons. The number of morpholine rings is 1. The van der Waals surface area contributed by atoms with E-state index in [0.717, 1.165) is 42.7 Å². The minimum Gasteiger partial charge on any atom is -0.378 e. The summed E-state index contributed by atoms with van der Waals surface area (Å²) in [7, 11) is 0. The van der Waals surface area contributed by atoms with Crippen molar-refractivity contribution in [1.29, 1.82) is 0 Å². The maximum absolute atomic E-state index is 12.1. The Balaban J connectivity index is 1.45. The Kier molecular flexibility index (Phi) is 6.55. The molecule has 1 amide bonds. The zero-order chi connectivity index (χ0) is 17.5. The number of carbonyl (C=O) groups is 1. The fraction of sp³-hybridized carbons (Fsp3) is 0.333. The number of thioether (sulfide) groups is 1. The van der Waals surface area contributed by atoms with Gasteiger partial charge in [-0.1, -0.05) is 11.6 Å². The van der Waals surface area contributed by atoms with Crippen LogP contribution >= 0.6 is 23.4 Å². The summed E-state index contributed by atoms with van der Waals surface area (Å²) in [6.07, 6.45) is 2.10. The summed E-state index contributed by atoms with van der Waals surface area (Å²) >= 11 is 7.54. The van der Waals surface area contributed by atoms with Crippen LogP contribution in [0.15, 0.2) is 47.6 Å². The van der Waals surface area contributed by atoms with Gasteiger partial charge in [0.15, 0.2) is 0 Å². The third-order valence-electron chi connectivity index (χ3n) is 3.82. The number of rotatable bonds is 6. The Hall–Kier alpha value is -1.76. The summed E-state index contributed by atoms with van der Waals surface area (Å²) in [5.41, 5.74) is 1.96. The monoisotopic (exact) mass is 377 g/mol. The number of benzene rings is 1. The first kappa shape index (κ1) is 18.0. The van der Waals surface area contributed by atoms with Gasteiger partial charge in [0.1, 0.15) is 5.03 Å². The van der Waals surface area contributed by atoms with Crippen molar-refractivity contribution in [2.75, 3.05) is 42.3 Å². The standard InChI is InChI=1S/C18H20ClN3O2S/c19-16-2-1-8-20-18(16)25-13-7-17(23)21-14-3-5-15(6-4-14)22-9-11-24-12-10-22/h1-6,8H,7,9-13H2,(H,21,23). The number of amides is 1. The quantitative estimate of drug-likeness (QED) is 0.778. The van der Waals surface area contributed by atoms with E-state index < -0.39 is 0 Å². The molecule has 2 aromatic rings. The maximum Gasteiger partial charge on any atom is 0.225 e. The minimum atomic E-state index is -0.0151. The van der Waals surface area contributed by atoms with Gasteiger partial charge in [0.2, 0.25) is 5.91 Å². The Morgan fingerprint density at radius 1 is 1.24 bits per heavy atom. The molecule has 5 nitrogen and oxygen atoms in total. The van der Waals surface area contributed by atoms with Crippen molar-refractivity contribution in [1.82, 2.24) is 4.98 Å². The first-order chi connectivity index (χ1) is 12.2. The third kappa shape index (κ3) is 5.36. The van der Waals surface area contributed by atoms with Crippen molar-refractivity contribution in [3.05, 3.63) is 47.6 Å². The van der Waals surface area contributed by atoms with Crippen LogP contribution in [0.4, 0.5) is 11.4 Å². The van der Waals surface area contributed by atoms with Gasteiger partial charge < -0.3 is 15.0 Å². The fourth-order valence-corrected chi connectivity index (χ4v) is 3.63. The second-order valence-corrected chi connectivity index (χ2v) is 7.07. The van der Waals surface area contributed by atoms with Gasteiger partial charge in [0, 0.05) is 42.8 Å². The summed E-state index contributed by atoms with van der Waals surface area (Å²) in [4.78, 5) is 18.5. The van der Waals surface area contributed by atoms with Crippen LogP contribution in [0.25, 0.3) is 0 Å². The molecule has 0 bridgehead atoms. The summed E-state index contributed by atoms with van der Waals surface area (Å²) in [6, 6.07) is 11.5. The highest BCUT2D eigenvalue weighted by Crippen LogP contribution is 2.25. The highest BCUT2D eigenvalue weighted by molar-refractivity contribution is 7.99. The molecule has 1 aromatic heterocycles. The first-order valence-electron chi connectivity index (χ1n) is 8.18. The van der Waals surface area contributed by atoms with Crippen LogP contribution in [0.5, 0.6) is 0 Å². The van der Waals surface area contributed by atoms with Gasteiger partial charge in [-0.25, -0.2) is 4.98 Å². The number of aromatic nitrogens is 1. The summed E-state index contributed by atoms with van der Waals surface area (Å²) < 4.78 is 5.36. The van der Waals surface area contributed by atoms with Gasteiger partial charge in [-0.3, -0.25) is 4.79 Å². The van der Waals surface area contributed by atoms with E-state index in [2.05, 4.69) is 15.2 Å². The van der Waals surface area contributed by atoms with Crippen LogP contribution in [0, 0.1) is 0 Å². The van der Waals surface area contributed by atoms with Crippen molar-refractivity contribution in [2.24, 2.45) is 0 Å². The molecule has 0 atom stereocenters. The van der Waals surface area contributed by atoms with Gasteiger partial charge in [-0.15, -0.1) is 11.8 Å². The smallest absolute Gasteiger partial charge is 0.225 e. The Morgan fingerprint density at radius 2 is 2.00 bits per heavy atom. The van der Waals surface area contributed by atoms with Gasteiger partial charge in [0.05, 0.1) is 18.2 Å². The lowest BCUT2D eigenvalue weighted by Gasteiger charge is -2.28. The molecule has 3 rings (SSSR count). The lowest BCUT2D eigenvalue weighted by atomic mass is 10.2. The summed E-state index contributed by atoms with van der Waals surface area (Å²) in [5, 5.41) is 4.30. The molecule has 2 heterocycles. The average molecular weight is 378 g/mol. The molecule has 0 spiro atoms. The highest BCUT2D eigenvalue weighted by atomic mass is 35.5. The molecule has 1 aromatic carbocycles. The maximum atomic E-state index is 12.1. The van der Waals surface area contributed by atoms with Crippen molar-refractivity contribution in [3.63, 3.8) is 0 Å². The Bertz CT molecular complexity index is 706. The second-order valence-electron chi connectivity index (χ2n) is 5.58. The molecule has 0 aliphatic carbocycles. The number of hydrogen-bond acceptors (Lipinski definition) is 5. The molecule has 7 heteroatoms. The van der Waals surface area contributed by atoms with E-state index in [1.807, 2.05) is 24.3 Å². The number of ether oxygens (including phenoxy) is 1. The highest BCUT2D eigenvalue weighted by Gasteiger charge is 2.11. The molecule has 1 aliphatic rings. The topological polar surface area (TPSA) is 54.5 Å². The van der Waals surface area contributed by atoms with Crippen molar-refractivity contribution < 1.29 is 9.53 Å². The molecule has 0 unspecified atom stereocenters. The predicted octanol–water partition coefficient (Wildman–Crippen LogP) is 3.69. The lowest BCUT2D eigenvalue weighted by molar-refractivity contribution is -0.115. The zero-order valence-electron chi connectivity index (χ0n) is 13.8. The van der Waals surface area contributed by atoms with E-state index in [1.54, 1.807) is 18.3 Å². The number of pyridine rings is 1. The largest absolute Gasteiger partial charge is 0.378 e. The van der Waals surface area contributed by atoms with Crippen molar-refractivity contribution in [3.8, 4) is 0 Å². The summed E-state index contributed by atoms with van der Waals surface area (Å²) in [5.74, 6) is 0.618. The van der Waals surface area contributed by atoms with E-state index in [1.165, 1.54) is 11.8 Å². The second kappa shape index (κ2) is 9.08.